The molecule has 1 atom stereocenters. The Morgan fingerprint density at radius 3 is 2.80 bits per heavy atom. The minimum absolute atomic E-state index is 0.590. The Morgan fingerprint density at radius 2 is 2.10 bits per heavy atom. The number of benzene rings is 1. The lowest BCUT2D eigenvalue weighted by molar-refractivity contribution is 0.0975. The van der Waals surface area contributed by atoms with Gasteiger partial charge in [-0.15, -0.1) is 0 Å². The van der Waals surface area contributed by atoms with Crippen LogP contribution in [0.5, 0.6) is 5.75 Å². The van der Waals surface area contributed by atoms with Gasteiger partial charge in [0.1, 0.15) is 12.4 Å². The molecule has 0 amide bonds. The molecule has 3 aliphatic rings. The van der Waals surface area contributed by atoms with Crippen LogP contribution in [0.1, 0.15) is 12.8 Å². The molecular weight excluding hydrogens is 252 g/mol. The van der Waals surface area contributed by atoms with Gasteiger partial charge in [0, 0.05) is 31.5 Å². The molecule has 3 fully saturated rings. The van der Waals surface area contributed by atoms with Gasteiger partial charge in [-0.2, -0.15) is 0 Å². The van der Waals surface area contributed by atoms with E-state index in [0.717, 1.165) is 11.7 Å². The van der Waals surface area contributed by atoms with Crippen LogP contribution in [0, 0.1) is 5.92 Å². The SMILES string of the molecule is COCCOc1cccc(NC2CN3CCC2CC3)c1. The number of piperidine rings is 3. The summed E-state index contributed by atoms with van der Waals surface area (Å²) in [5.74, 6) is 1.74. The van der Waals surface area contributed by atoms with Gasteiger partial charge in [0.05, 0.1) is 6.61 Å². The quantitative estimate of drug-likeness (QED) is 0.808. The van der Waals surface area contributed by atoms with E-state index in [4.69, 9.17) is 9.47 Å². The van der Waals surface area contributed by atoms with E-state index in [-0.39, 0.29) is 0 Å². The third-order valence-electron chi connectivity index (χ3n) is 4.40. The maximum atomic E-state index is 5.66. The van der Waals surface area contributed by atoms with E-state index in [1.807, 2.05) is 12.1 Å². The molecule has 1 aromatic rings. The maximum absolute atomic E-state index is 5.66. The molecule has 3 aliphatic heterocycles. The summed E-state index contributed by atoms with van der Waals surface area (Å²) in [6, 6.07) is 8.85. The van der Waals surface area contributed by atoms with Gasteiger partial charge >= 0.3 is 0 Å². The van der Waals surface area contributed by atoms with Crippen molar-refractivity contribution in [2.45, 2.75) is 18.9 Å². The smallest absolute Gasteiger partial charge is 0.121 e. The van der Waals surface area contributed by atoms with Gasteiger partial charge in [-0.05, 0) is 44.0 Å². The number of hydrogen-bond donors (Lipinski definition) is 1. The van der Waals surface area contributed by atoms with Crippen molar-refractivity contribution >= 4 is 5.69 Å². The topological polar surface area (TPSA) is 33.7 Å². The van der Waals surface area contributed by atoms with Crippen molar-refractivity contribution in [3.05, 3.63) is 24.3 Å². The monoisotopic (exact) mass is 276 g/mol. The second kappa shape index (κ2) is 6.46. The number of anilines is 1. The summed E-state index contributed by atoms with van der Waals surface area (Å²) in [5, 5.41) is 3.69. The molecule has 4 rings (SSSR count). The molecule has 0 spiro atoms. The van der Waals surface area contributed by atoms with Gasteiger partial charge in [-0.25, -0.2) is 0 Å². The Labute approximate surface area is 121 Å². The van der Waals surface area contributed by atoms with Crippen molar-refractivity contribution in [2.75, 3.05) is 45.3 Å². The Morgan fingerprint density at radius 1 is 1.25 bits per heavy atom. The van der Waals surface area contributed by atoms with Crippen molar-refractivity contribution in [3.63, 3.8) is 0 Å². The molecule has 3 heterocycles. The number of rotatable bonds is 6. The predicted molar refractivity (Wildman–Crippen MR) is 80.4 cm³/mol. The van der Waals surface area contributed by atoms with E-state index in [2.05, 4.69) is 22.3 Å². The van der Waals surface area contributed by atoms with Gasteiger partial charge in [-0.1, -0.05) is 6.07 Å². The first-order valence-corrected chi connectivity index (χ1v) is 7.56. The lowest BCUT2D eigenvalue weighted by atomic mass is 9.84. The van der Waals surface area contributed by atoms with Crippen molar-refractivity contribution in [1.29, 1.82) is 0 Å². The van der Waals surface area contributed by atoms with Crippen LogP contribution in [0.15, 0.2) is 24.3 Å². The standard InChI is InChI=1S/C16H24N2O2/c1-19-9-10-20-15-4-2-3-14(11-15)17-16-12-18-7-5-13(16)6-8-18/h2-4,11,13,16-17H,5-10,12H2,1H3. The molecule has 3 saturated heterocycles. The van der Waals surface area contributed by atoms with Crippen LogP contribution in [-0.4, -0.2) is 50.9 Å². The van der Waals surface area contributed by atoms with Crippen molar-refractivity contribution in [1.82, 2.24) is 4.90 Å². The maximum Gasteiger partial charge on any atom is 0.121 e. The van der Waals surface area contributed by atoms with Gasteiger partial charge < -0.3 is 19.7 Å². The average molecular weight is 276 g/mol. The van der Waals surface area contributed by atoms with Crippen molar-refractivity contribution < 1.29 is 9.47 Å². The summed E-state index contributed by atoms with van der Waals surface area (Å²) in [5.41, 5.74) is 1.17. The number of methoxy groups -OCH3 is 1. The molecular formula is C16H24N2O2. The van der Waals surface area contributed by atoms with E-state index in [9.17, 15) is 0 Å². The third kappa shape index (κ3) is 3.25. The molecule has 1 unspecified atom stereocenters. The highest BCUT2D eigenvalue weighted by Crippen LogP contribution is 2.30. The normalized spacial score (nSPS) is 28.4. The number of nitrogens with one attached hydrogen (secondary N) is 1. The number of nitrogens with zero attached hydrogens (tertiary/aromatic N) is 1. The van der Waals surface area contributed by atoms with Crippen LogP contribution in [-0.2, 0) is 4.74 Å². The van der Waals surface area contributed by atoms with Crippen LogP contribution in [0.4, 0.5) is 5.69 Å². The number of fused-ring (bicyclic) bond motifs is 3. The highest BCUT2D eigenvalue weighted by Gasteiger charge is 2.33. The zero-order valence-corrected chi connectivity index (χ0v) is 12.2. The van der Waals surface area contributed by atoms with Crippen LogP contribution >= 0.6 is 0 Å². The highest BCUT2D eigenvalue weighted by atomic mass is 16.5. The van der Waals surface area contributed by atoms with Gasteiger partial charge in [-0.3, -0.25) is 0 Å². The fourth-order valence-corrected chi connectivity index (χ4v) is 3.26. The second-order valence-electron chi connectivity index (χ2n) is 5.76. The molecule has 0 aromatic heterocycles. The Balaban J connectivity index is 1.58. The third-order valence-corrected chi connectivity index (χ3v) is 4.40. The molecule has 1 N–H and O–H groups in total. The largest absolute Gasteiger partial charge is 0.491 e. The first-order chi connectivity index (χ1) is 9.85. The summed E-state index contributed by atoms with van der Waals surface area (Å²) in [7, 11) is 1.69. The summed E-state index contributed by atoms with van der Waals surface area (Å²) < 4.78 is 10.7. The average Bonchev–Trinajstić information content (AvgIpc) is 2.49. The highest BCUT2D eigenvalue weighted by molar-refractivity contribution is 5.49. The molecule has 20 heavy (non-hydrogen) atoms. The van der Waals surface area contributed by atoms with E-state index in [1.165, 1.54) is 38.2 Å². The lowest BCUT2D eigenvalue weighted by Gasteiger charge is -2.45. The molecule has 0 radical (unpaired) electrons. The lowest BCUT2D eigenvalue weighted by Crippen LogP contribution is -2.53. The Hall–Kier alpha value is -1.26. The summed E-state index contributed by atoms with van der Waals surface area (Å²) in [4.78, 5) is 2.57. The van der Waals surface area contributed by atoms with Crippen LogP contribution < -0.4 is 10.1 Å². The van der Waals surface area contributed by atoms with Gasteiger partial charge in [0.2, 0.25) is 0 Å². The van der Waals surface area contributed by atoms with Gasteiger partial charge in [0.15, 0.2) is 0 Å². The van der Waals surface area contributed by atoms with Crippen LogP contribution in [0.3, 0.4) is 0 Å². The first-order valence-electron chi connectivity index (χ1n) is 7.56. The summed E-state index contributed by atoms with van der Waals surface area (Å²) in [6.45, 7) is 4.96. The zero-order valence-electron chi connectivity index (χ0n) is 12.2. The molecule has 0 aliphatic carbocycles. The Kier molecular flexibility index (Phi) is 4.43. The predicted octanol–water partition coefficient (Wildman–Crippen LogP) is 2.22. The zero-order chi connectivity index (χ0) is 13.8. The van der Waals surface area contributed by atoms with Crippen molar-refractivity contribution in [2.24, 2.45) is 5.92 Å². The summed E-state index contributed by atoms with van der Waals surface area (Å²) >= 11 is 0. The summed E-state index contributed by atoms with van der Waals surface area (Å²) in [6.07, 6.45) is 2.67. The minimum atomic E-state index is 0.590. The Bertz CT molecular complexity index is 430. The van der Waals surface area contributed by atoms with Crippen LogP contribution in [0.25, 0.3) is 0 Å². The number of ether oxygens (including phenoxy) is 2. The fraction of sp³-hybridized carbons (Fsp3) is 0.625. The molecule has 4 heteroatoms. The molecule has 0 saturated carbocycles. The van der Waals surface area contributed by atoms with E-state index in [0.29, 0.717) is 19.3 Å². The van der Waals surface area contributed by atoms with E-state index in [1.54, 1.807) is 7.11 Å². The fourth-order valence-electron chi connectivity index (χ4n) is 3.26. The molecule has 110 valence electrons. The second-order valence-corrected chi connectivity index (χ2v) is 5.76. The van der Waals surface area contributed by atoms with E-state index < -0.39 is 0 Å². The minimum Gasteiger partial charge on any atom is -0.491 e. The van der Waals surface area contributed by atoms with Crippen molar-refractivity contribution in [3.8, 4) is 5.75 Å². The number of hydrogen-bond acceptors (Lipinski definition) is 4. The van der Waals surface area contributed by atoms with Gasteiger partial charge in [0.25, 0.3) is 0 Å². The van der Waals surface area contributed by atoms with Crippen LogP contribution in [0.2, 0.25) is 0 Å². The first kappa shape index (κ1) is 13.7. The molecule has 2 bridgehead atoms. The molecule has 1 aromatic carbocycles. The van der Waals surface area contributed by atoms with E-state index >= 15 is 0 Å². The molecule has 4 nitrogen and oxygen atoms in total.